The first-order chi connectivity index (χ1) is 8.65. The second kappa shape index (κ2) is 5.75. The van der Waals surface area contributed by atoms with E-state index in [-0.39, 0.29) is 0 Å². The molecular weight excluding hydrogens is 268 g/mol. The van der Waals surface area contributed by atoms with E-state index in [1.165, 1.54) is 6.34 Å². The fourth-order valence-corrected chi connectivity index (χ4v) is 3.17. The minimum absolute atomic E-state index is 0.293. The van der Waals surface area contributed by atoms with Crippen molar-refractivity contribution in [3.05, 3.63) is 24.3 Å². The minimum Gasteiger partial charge on any atom is -0.331 e. The highest BCUT2D eigenvalue weighted by molar-refractivity contribution is 7.90. The van der Waals surface area contributed by atoms with Gasteiger partial charge in [-0.15, -0.1) is 4.40 Å². The second-order valence-corrected chi connectivity index (χ2v) is 6.19. The largest absolute Gasteiger partial charge is 0.331 e. The van der Waals surface area contributed by atoms with Gasteiger partial charge in [0.2, 0.25) is 0 Å². The lowest BCUT2D eigenvalue weighted by Crippen LogP contribution is -2.28. The van der Waals surface area contributed by atoms with Crippen LogP contribution in [-0.4, -0.2) is 27.1 Å². The monoisotopic (exact) mass is 284 g/mol. The average Bonchev–Trinajstić information content (AvgIpc) is 2.37. The lowest BCUT2D eigenvalue weighted by Gasteiger charge is -2.24. The summed E-state index contributed by atoms with van der Waals surface area (Å²) in [5.74, 6) is 0.888. The Morgan fingerprint density at radius 1 is 1.17 bits per heavy atom. The molecule has 1 aromatic rings. The topological polar surface area (TPSA) is 49.7 Å². The highest BCUT2D eigenvalue weighted by Crippen LogP contribution is 2.29. The van der Waals surface area contributed by atoms with Gasteiger partial charge in [0.25, 0.3) is 10.0 Å². The molecule has 0 bridgehead atoms. The Balaban J connectivity index is 2.15. The fourth-order valence-electron chi connectivity index (χ4n) is 1.90. The van der Waals surface area contributed by atoms with Crippen molar-refractivity contribution in [2.75, 3.05) is 17.2 Å². The molecule has 4 nitrogen and oxygen atoms in total. The third kappa shape index (κ3) is 2.87. The summed E-state index contributed by atoms with van der Waals surface area (Å²) in [4.78, 5) is 2.19. The molecule has 0 saturated carbocycles. The van der Waals surface area contributed by atoms with E-state index >= 15 is 0 Å². The Labute approximate surface area is 113 Å². The lowest BCUT2D eigenvalue weighted by atomic mass is 10.2. The van der Waals surface area contributed by atoms with Gasteiger partial charge < -0.3 is 4.90 Å². The van der Waals surface area contributed by atoms with Crippen LogP contribution in [0.15, 0.2) is 33.6 Å². The number of hydrogen-bond donors (Lipinski definition) is 1. The van der Waals surface area contributed by atoms with Crippen LogP contribution in [0.4, 0.5) is 5.69 Å². The average molecular weight is 284 g/mol. The number of anilines is 1. The van der Waals surface area contributed by atoms with Gasteiger partial charge >= 0.3 is 0 Å². The molecule has 6 heteroatoms. The summed E-state index contributed by atoms with van der Waals surface area (Å²) in [6.07, 6.45) is 4.58. The van der Waals surface area contributed by atoms with Gasteiger partial charge in [0.15, 0.2) is 0 Å². The van der Waals surface area contributed by atoms with Gasteiger partial charge in [-0.2, -0.15) is 21.0 Å². The Hall–Kier alpha value is -1.01. The molecule has 18 heavy (non-hydrogen) atoms. The number of unbranched alkanes of at least 4 members (excludes halogenated alkanes) is 2. The second-order valence-electron chi connectivity index (χ2n) is 4.14. The van der Waals surface area contributed by atoms with E-state index in [1.807, 2.05) is 17.0 Å². The van der Waals surface area contributed by atoms with Crippen molar-refractivity contribution in [3.63, 3.8) is 0 Å². The molecule has 0 N–H and O–H groups in total. The highest BCUT2D eigenvalue weighted by Gasteiger charge is 2.24. The number of fused-ring (bicyclic) bond motifs is 1. The summed E-state index contributed by atoms with van der Waals surface area (Å²) < 4.78 is 27.2. The summed E-state index contributed by atoms with van der Waals surface area (Å²) in [7, 11) is -3.49. The minimum atomic E-state index is -3.49. The third-order valence-electron chi connectivity index (χ3n) is 2.84. The molecule has 0 amide bonds. The molecule has 2 rings (SSSR count). The zero-order valence-electron chi connectivity index (χ0n) is 9.99. The number of benzene rings is 1. The van der Waals surface area contributed by atoms with Crippen molar-refractivity contribution in [1.82, 2.24) is 0 Å². The van der Waals surface area contributed by atoms with E-state index < -0.39 is 10.0 Å². The Morgan fingerprint density at radius 3 is 2.72 bits per heavy atom. The fraction of sp³-hybridized carbons (Fsp3) is 0.417. The Bertz CT molecular complexity index is 541. The maximum Gasteiger partial charge on any atom is 0.285 e. The van der Waals surface area contributed by atoms with Crippen molar-refractivity contribution < 1.29 is 8.42 Å². The van der Waals surface area contributed by atoms with Crippen LogP contribution in [0.3, 0.4) is 0 Å². The molecule has 0 atom stereocenters. The molecule has 1 aromatic carbocycles. The first-order valence-electron chi connectivity index (χ1n) is 5.92. The normalized spacial score (nSPS) is 16.6. The standard InChI is InChI=1S/C12H16N2O2S2/c15-18(16)12-7-3-2-6-11(12)14(10-13-18)8-4-1-5-9-17/h2-3,6-7,10,17H,1,4-5,8-9H2. The van der Waals surface area contributed by atoms with Gasteiger partial charge in [0.1, 0.15) is 11.2 Å². The van der Waals surface area contributed by atoms with Crippen LogP contribution in [0.5, 0.6) is 0 Å². The summed E-state index contributed by atoms with van der Waals surface area (Å²) in [5, 5.41) is 0. The van der Waals surface area contributed by atoms with Crippen molar-refractivity contribution >= 4 is 34.7 Å². The predicted octanol–water partition coefficient (Wildman–Crippen LogP) is 2.32. The van der Waals surface area contributed by atoms with Crippen LogP contribution in [0.25, 0.3) is 0 Å². The molecular formula is C12H16N2O2S2. The van der Waals surface area contributed by atoms with Crippen LogP contribution in [0.2, 0.25) is 0 Å². The van der Waals surface area contributed by atoms with E-state index in [9.17, 15) is 8.42 Å². The van der Waals surface area contributed by atoms with Crippen molar-refractivity contribution in [3.8, 4) is 0 Å². The van der Waals surface area contributed by atoms with Gasteiger partial charge in [-0.3, -0.25) is 0 Å². The lowest BCUT2D eigenvalue weighted by molar-refractivity contribution is 0.596. The Morgan fingerprint density at radius 2 is 1.94 bits per heavy atom. The predicted molar refractivity (Wildman–Crippen MR) is 77.2 cm³/mol. The van der Waals surface area contributed by atoms with E-state index in [0.717, 1.165) is 37.2 Å². The summed E-state index contributed by atoms with van der Waals surface area (Å²) >= 11 is 4.17. The van der Waals surface area contributed by atoms with E-state index in [0.29, 0.717) is 4.90 Å². The Kier molecular flexibility index (Phi) is 4.29. The summed E-state index contributed by atoms with van der Waals surface area (Å²) in [6.45, 7) is 0.782. The molecule has 0 radical (unpaired) electrons. The molecule has 0 fully saturated rings. The molecule has 1 aliphatic heterocycles. The van der Waals surface area contributed by atoms with Gasteiger partial charge in [0.05, 0.1) is 5.69 Å². The number of thiol groups is 1. The molecule has 0 saturated heterocycles. The van der Waals surface area contributed by atoms with E-state index in [2.05, 4.69) is 17.0 Å². The summed E-state index contributed by atoms with van der Waals surface area (Å²) in [5.41, 5.74) is 0.721. The first kappa shape index (κ1) is 13.4. The van der Waals surface area contributed by atoms with Gasteiger partial charge in [-0.25, -0.2) is 0 Å². The van der Waals surface area contributed by atoms with Gasteiger partial charge in [0, 0.05) is 6.54 Å². The van der Waals surface area contributed by atoms with Crippen LogP contribution >= 0.6 is 12.6 Å². The molecule has 0 unspecified atom stereocenters. The van der Waals surface area contributed by atoms with Crippen LogP contribution < -0.4 is 4.90 Å². The maximum absolute atomic E-state index is 11.8. The molecule has 0 spiro atoms. The third-order valence-corrected chi connectivity index (χ3v) is 4.42. The SMILES string of the molecule is O=S1(=O)N=CN(CCCCCS)c2ccccc21. The zero-order valence-corrected chi connectivity index (χ0v) is 11.7. The molecule has 1 aliphatic rings. The van der Waals surface area contributed by atoms with E-state index in [1.54, 1.807) is 12.1 Å². The quantitative estimate of drug-likeness (QED) is 0.667. The number of nitrogens with zero attached hydrogens (tertiary/aromatic N) is 2. The van der Waals surface area contributed by atoms with E-state index in [4.69, 9.17) is 0 Å². The van der Waals surface area contributed by atoms with Crippen LogP contribution in [-0.2, 0) is 10.0 Å². The molecule has 0 aromatic heterocycles. The van der Waals surface area contributed by atoms with Crippen molar-refractivity contribution in [2.24, 2.45) is 4.40 Å². The molecule has 98 valence electrons. The highest BCUT2D eigenvalue weighted by atomic mass is 32.2. The number of para-hydroxylation sites is 1. The van der Waals surface area contributed by atoms with Gasteiger partial charge in [-0.05, 0) is 30.7 Å². The van der Waals surface area contributed by atoms with Crippen LogP contribution in [0.1, 0.15) is 19.3 Å². The zero-order chi connectivity index (χ0) is 13.0. The number of sulfonamides is 1. The maximum atomic E-state index is 11.8. The molecule has 1 heterocycles. The smallest absolute Gasteiger partial charge is 0.285 e. The van der Waals surface area contributed by atoms with Crippen molar-refractivity contribution in [1.29, 1.82) is 0 Å². The van der Waals surface area contributed by atoms with Crippen molar-refractivity contribution in [2.45, 2.75) is 24.2 Å². The van der Waals surface area contributed by atoms with Gasteiger partial charge in [-0.1, -0.05) is 18.6 Å². The first-order valence-corrected chi connectivity index (χ1v) is 7.99. The molecule has 0 aliphatic carbocycles. The van der Waals surface area contributed by atoms with Crippen LogP contribution in [0, 0.1) is 0 Å². The number of hydrogen-bond acceptors (Lipinski definition) is 4. The summed E-state index contributed by atoms with van der Waals surface area (Å²) in [6, 6.07) is 6.98. The number of rotatable bonds is 5.